The van der Waals surface area contributed by atoms with E-state index in [1.165, 1.54) is 28.0 Å². The molecule has 0 atom stereocenters. The molecule has 0 aliphatic heterocycles. The summed E-state index contributed by atoms with van der Waals surface area (Å²) in [6, 6.07) is 4.03. The number of anilines is 1. The second kappa shape index (κ2) is 7.63. The van der Waals surface area contributed by atoms with E-state index < -0.39 is 0 Å². The second-order valence-electron chi connectivity index (χ2n) is 4.36. The molecule has 1 amide bonds. The number of hydrogen-bond donors (Lipinski definition) is 1. The Balaban J connectivity index is 1.95. The number of thioether (sulfide) groups is 1. The third-order valence-electron chi connectivity index (χ3n) is 2.73. The fraction of sp³-hybridized carbons (Fsp3) is 0.286. The molecule has 2 heterocycles. The molecule has 0 aliphatic rings. The van der Waals surface area contributed by atoms with E-state index in [1.807, 2.05) is 29.3 Å². The SMILES string of the molecule is C=CCN(Cc1cccs1)C(=O)CSc1sc(N)nc1C. The molecule has 112 valence electrons. The minimum atomic E-state index is 0.0969. The Bertz CT molecular complexity index is 607. The van der Waals surface area contributed by atoms with Crippen LogP contribution in [0.4, 0.5) is 5.13 Å². The molecule has 2 rings (SSSR count). The molecular formula is C14H17N3OS3. The van der Waals surface area contributed by atoms with Crippen LogP contribution in [0.5, 0.6) is 0 Å². The Morgan fingerprint density at radius 3 is 3.00 bits per heavy atom. The van der Waals surface area contributed by atoms with Crippen molar-refractivity contribution in [1.29, 1.82) is 0 Å². The molecule has 7 heteroatoms. The number of thiazole rings is 1. The van der Waals surface area contributed by atoms with Gasteiger partial charge in [0.1, 0.15) is 0 Å². The molecule has 0 fully saturated rings. The number of nitrogens with zero attached hydrogens (tertiary/aromatic N) is 2. The molecule has 0 spiro atoms. The van der Waals surface area contributed by atoms with Gasteiger partial charge in [-0.25, -0.2) is 4.98 Å². The first kappa shape index (κ1) is 16.1. The van der Waals surface area contributed by atoms with Crippen LogP contribution in [-0.4, -0.2) is 28.1 Å². The maximum absolute atomic E-state index is 12.4. The summed E-state index contributed by atoms with van der Waals surface area (Å²) >= 11 is 4.58. The van der Waals surface area contributed by atoms with E-state index in [9.17, 15) is 4.79 Å². The molecule has 0 aromatic carbocycles. The summed E-state index contributed by atoms with van der Waals surface area (Å²) in [4.78, 5) is 19.5. The average Bonchev–Trinajstić information content (AvgIpc) is 3.05. The van der Waals surface area contributed by atoms with Crippen LogP contribution < -0.4 is 5.73 Å². The molecular weight excluding hydrogens is 322 g/mol. The van der Waals surface area contributed by atoms with Gasteiger partial charge in [-0.05, 0) is 18.4 Å². The molecule has 21 heavy (non-hydrogen) atoms. The van der Waals surface area contributed by atoms with Crippen molar-refractivity contribution in [2.75, 3.05) is 18.0 Å². The monoisotopic (exact) mass is 339 g/mol. The maximum atomic E-state index is 12.4. The minimum Gasteiger partial charge on any atom is -0.375 e. The molecule has 2 aromatic heterocycles. The third-order valence-corrected chi connectivity index (χ3v) is 5.92. The summed E-state index contributed by atoms with van der Waals surface area (Å²) in [6.45, 7) is 6.82. The van der Waals surface area contributed by atoms with Gasteiger partial charge in [0.2, 0.25) is 5.91 Å². The molecule has 0 unspecified atom stereocenters. The zero-order chi connectivity index (χ0) is 15.2. The van der Waals surface area contributed by atoms with E-state index >= 15 is 0 Å². The van der Waals surface area contributed by atoms with Crippen molar-refractivity contribution in [2.24, 2.45) is 0 Å². The standard InChI is InChI=1S/C14H17N3OS3/c1-3-6-17(8-11-5-4-7-19-11)12(18)9-20-13-10(2)16-14(15)21-13/h3-5,7H,1,6,8-9H2,2H3,(H2,15,16). The van der Waals surface area contributed by atoms with Crippen LogP contribution >= 0.6 is 34.4 Å². The molecule has 2 N–H and O–H groups in total. The highest BCUT2D eigenvalue weighted by Crippen LogP contribution is 2.30. The van der Waals surface area contributed by atoms with Crippen LogP contribution in [0.2, 0.25) is 0 Å². The topological polar surface area (TPSA) is 59.2 Å². The highest BCUT2D eigenvalue weighted by atomic mass is 32.2. The lowest BCUT2D eigenvalue weighted by molar-refractivity contribution is -0.128. The minimum absolute atomic E-state index is 0.0969. The molecule has 0 aliphatic carbocycles. The number of thiophene rings is 1. The number of aromatic nitrogens is 1. The van der Waals surface area contributed by atoms with Crippen LogP contribution in [0.1, 0.15) is 10.6 Å². The van der Waals surface area contributed by atoms with Crippen molar-refractivity contribution >= 4 is 45.5 Å². The van der Waals surface area contributed by atoms with E-state index in [1.54, 1.807) is 17.4 Å². The van der Waals surface area contributed by atoms with Gasteiger partial charge in [0.05, 0.1) is 22.2 Å². The Morgan fingerprint density at radius 1 is 1.62 bits per heavy atom. The smallest absolute Gasteiger partial charge is 0.233 e. The first-order valence-corrected chi connectivity index (χ1v) is 9.05. The van der Waals surface area contributed by atoms with Gasteiger partial charge in [-0.1, -0.05) is 23.5 Å². The predicted molar refractivity (Wildman–Crippen MR) is 91.9 cm³/mol. The van der Waals surface area contributed by atoms with Crippen molar-refractivity contribution in [2.45, 2.75) is 17.7 Å². The van der Waals surface area contributed by atoms with Gasteiger partial charge in [-0.2, -0.15) is 0 Å². The molecule has 4 nitrogen and oxygen atoms in total. The number of amides is 1. The Hall–Kier alpha value is -1.31. The quantitative estimate of drug-likeness (QED) is 0.620. The number of rotatable bonds is 7. The summed E-state index contributed by atoms with van der Waals surface area (Å²) in [7, 11) is 0. The van der Waals surface area contributed by atoms with E-state index in [4.69, 9.17) is 5.73 Å². The summed E-state index contributed by atoms with van der Waals surface area (Å²) in [5.41, 5.74) is 6.56. The lowest BCUT2D eigenvalue weighted by Crippen LogP contribution is -2.31. The van der Waals surface area contributed by atoms with Gasteiger partial charge >= 0.3 is 0 Å². The number of carbonyl (C=O) groups excluding carboxylic acids is 1. The number of hydrogen-bond acceptors (Lipinski definition) is 6. The van der Waals surface area contributed by atoms with Gasteiger partial charge in [0.15, 0.2) is 5.13 Å². The van der Waals surface area contributed by atoms with Crippen molar-refractivity contribution in [3.8, 4) is 0 Å². The summed E-state index contributed by atoms with van der Waals surface area (Å²) in [5, 5.41) is 2.56. The van der Waals surface area contributed by atoms with Crippen LogP contribution in [-0.2, 0) is 11.3 Å². The fourth-order valence-electron chi connectivity index (χ4n) is 1.76. The van der Waals surface area contributed by atoms with Gasteiger partial charge in [0, 0.05) is 11.4 Å². The number of nitrogens with two attached hydrogens (primary N) is 1. The summed E-state index contributed by atoms with van der Waals surface area (Å²) in [6.07, 6.45) is 1.76. The van der Waals surface area contributed by atoms with Gasteiger partial charge in [0.25, 0.3) is 0 Å². The number of aryl methyl sites for hydroxylation is 1. The lowest BCUT2D eigenvalue weighted by atomic mass is 10.4. The Labute approximate surface area is 136 Å². The zero-order valence-electron chi connectivity index (χ0n) is 11.7. The molecule has 0 saturated heterocycles. The van der Waals surface area contributed by atoms with Crippen LogP contribution in [0, 0.1) is 6.92 Å². The van der Waals surface area contributed by atoms with E-state index in [0.717, 1.165) is 9.90 Å². The largest absolute Gasteiger partial charge is 0.375 e. The van der Waals surface area contributed by atoms with E-state index in [-0.39, 0.29) is 5.91 Å². The van der Waals surface area contributed by atoms with Gasteiger partial charge in [-0.15, -0.1) is 29.7 Å². The van der Waals surface area contributed by atoms with Crippen molar-refractivity contribution in [1.82, 2.24) is 9.88 Å². The third kappa shape index (κ3) is 4.59. The Morgan fingerprint density at radius 2 is 2.43 bits per heavy atom. The maximum Gasteiger partial charge on any atom is 0.233 e. The van der Waals surface area contributed by atoms with E-state index in [0.29, 0.717) is 24.0 Å². The summed E-state index contributed by atoms with van der Waals surface area (Å²) in [5.74, 6) is 0.487. The van der Waals surface area contributed by atoms with Crippen LogP contribution in [0.15, 0.2) is 34.4 Å². The predicted octanol–water partition coefficient (Wildman–Crippen LogP) is 3.40. The number of nitrogen functional groups attached to an aromatic ring is 1. The van der Waals surface area contributed by atoms with Gasteiger partial charge < -0.3 is 10.6 Å². The highest BCUT2D eigenvalue weighted by molar-refractivity contribution is 8.01. The molecule has 0 radical (unpaired) electrons. The first-order valence-electron chi connectivity index (χ1n) is 6.37. The number of carbonyl (C=O) groups is 1. The summed E-state index contributed by atoms with van der Waals surface area (Å²) < 4.78 is 1.01. The Kier molecular flexibility index (Phi) is 5.84. The van der Waals surface area contributed by atoms with Crippen molar-refractivity contribution < 1.29 is 4.79 Å². The van der Waals surface area contributed by atoms with E-state index in [2.05, 4.69) is 11.6 Å². The average molecular weight is 340 g/mol. The lowest BCUT2D eigenvalue weighted by Gasteiger charge is -2.20. The molecule has 0 saturated carbocycles. The van der Waals surface area contributed by atoms with Gasteiger partial charge in [-0.3, -0.25) is 4.79 Å². The first-order chi connectivity index (χ1) is 10.1. The highest BCUT2D eigenvalue weighted by Gasteiger charge is 2.15. The zero-order valence-corrected chi connectivity index (χ0v) is 14.2. The van der Waals surface area contributed by atoms with Crippen molar-refractivity contribution in [3.63, 3.8) is 0 Å². The van der Waals surface area contributed by atoms with Crippen molar-refractivity contribution in [3.05, 3.63) is 40.7 Å². The normalized spacial score (nSPS) is 10.5. The van der Waals surface area contributed by atoms with Crippen LogP contribution in [0.3, 0.4) is 0 Å². The molecule has 0 bridgehead atoms. The fourth-order valence-corrected chi connectivity index (χ4v) is 4.40. The van der Waals surface area contributed by atoms with Crippen LogP contribution in [0.25, 0.3) is 0 Å². The molecule has 2 aromatic rings. The second-order valence-corrected chi connectivity index (χ2v) is 7.66.